The summed E-state index contributed by atoms with van der Waals surface area (Å²) in [5, 5.41) is 8.97. The lowest BCUT2D eigenvalue weighted by molar-refractivity contribution is -0.137. The van der Waals surface area contributed by atoms with Crippen LogP contribution in [0.15, 0.2) is 48.5 Å². The highest BCUT2D eigenvalue weighted by Gasteiger charge is 2.30. The number of aromatic carboxylic acids is 1. The van der Waals surface area contributed by atoms with Gasteiger partial charge < -0.3 is 9.84 Å². The average Bonchev–Trinajstić information content (AvgIpc) is 2.38. The summed E-state index contributed by atoms with van der Waals surface area (Å²) in [5.41, 5.74) is -0.979. The third-order valence-corrected chi connectivity index (χ3v) is 2.51. The summed E-state index contributed by atoms with van der Waals surface area (Å²) in [6, 6.07) is 9.98. The maximum absolute atomic E-state index is 12.6. The van der Waals surface area contributed by atoms with E-state index in [-0.39, 0.29) is 17.1 Å². The Hall–Kier alpha value is -2.50. The lowest BCUT2D eigenvalue weighted by Crippen LogP contribution is -2.05. The largest absolute Gasteiger partial charge is 0.478 e. The van der Waals surface area contributed by atoms with Gasteiger partial charge in [-0.1, -0.05) is 18.2 Å². The number of rotatable bonds is 3. The van der Waals surface area contributed by atoms with Crippen LogP contribution >= 0.6 is 0 Å². The molecule has 0 fully saturated rings. The van der Waals surface area contributed by atoms with Crippen molar-refractivity contribution in [1.82, 2.24) is 0 Å². The van der Waals surface area contributed by atoms with Crippen LogP contribution in [0, 0.1) is 0 Å². The van der Waals surface area contributed by atoms with Crippen LogP contribution in [0.2, 0.25) is 0 Å². The molecule has 20 heavy (non-hydrogen) atoms. The molecule has 0 unspecified atom stereocenters. The van der Waals surface area contributed by atoms with Crippen LogP contribution in [-0.2, 0) is 6.18 Å². The molecule has 1 N–H and O–H groups in total. The predicted octanol–water partition coefficient (Wildman–Crippen LogP) is 4.20. The Labute approximate surface area is 112 Å². The van der Waals surface area contributed by atoms with Crippen LogP contribution in [0.3, 0.4) is 0 Å². The number of hydrogen-bond acceptors (Lipinski definition) is 2. The molecule has 0 aliphatic carbocycles. The summed E-state index contributed by atoms with van der Waals surface area (Å²) in [6.07, 6.45) is -4.48. The van der Waals surface area contributed by atoms with Crippen molar-refractivity contribution in [2.45, 2.75) is 6.18 Å². The number of carboxylic acids is 1. The Morgan fingerprint density at radius 1 is 1.05 bits per heavy atom. The van der Waals surface area contributed by atoms with E-state index < -0.39 is 17.7 Å². The van der Waals surface area contributed by atoms with Gasteiger partial charge in [-0.05, 0) is 30.3 Å². The first kappa shape index (κ1) is 13.9. The summed E-state index contributed by atoms with van der Waals surface area (Å²) < 4.78 is 42.9. The number of carbonyl (C=O) groups is 1. The third kappa shape index (κ3) is 3.09. The predicted molar refractivity (Wildman–Crippen MR) is 64.9 cm³/mol. The number of carboxylic acid groups (broad SMARTS) is 1. The fourth-order valence-corrected chi connectivity index (χ4v) is 1.60. The van der Waals surface area contributed by atoms with Gasteiger partial charge in [0.05, 0.1) is 5.56 Å². The fourth-order valence-electron chi connectivity index (χ4n) is 1.60. The van der Waals surface area contributed by atoms with Crippen LogP contribution < -0.4 is 4.74 Å². The minimum Gasteiger partial charge on any atom is -0.478 e. The Kier molecular flexibility index (Phi) is 3.65. The van der Waals surface area contributed by atoms with Gasteiger partial charge in [-0.2, -0.15) is 13.2 Å². The Morgan fingerprint density at radius 3 is 2.40 bits per heavy atom. The lowest BCUT2D eigenvalue weighted by Gasteiger charge is -2.11. The van der Waals surface area contributed by atoms with E-state index in [1.165, 1.54) is 36.4 Å². The molecule has 3 nitrogen and oxygen atoms in total. The molecule has 0 aliphatic rings. The van der Waals surface area contributed by atoms with E-state index in [1.54, 1.807) is 0 Å². The molecule has 0 radical (unpaired) electrons. The molecule has 0 atom stereocenters. The number of hydrogen-bond donors (Lipinski definition) is 1. The summed E-state index contributed by atoms with van der Waals surface area (Å²) >= 11 is 0. The molecule has 0 amide bonds. The molecule has 6 heteroatoms. The van der Waals surface area contributed by atoms with Gasteiger partial charge in [0.15, 0.2) is 0 Å². The van der Waals surface area contributed by atoms with Crippen molar-refractivity contribution in [3.05, 3.63) is 59.7 Å². The number of benzene rings is 2. The topological polar surface area (TPSA) is 46.5 Å². The first-order chi connectivity index (χ1) is 9.38. The minimum atomic E-state index is -4.48. The van der Waals surface area contributed by atoms with Crippen molar-refractivity contribution < 1.29 is 27.8 Å². The molecule has 0 aromatic heterocycles. The zero-order valence-electron chi connectivity index (χ0n) is 10.0. The molecule has 0 bridgehead atoms. The second-order valence-corrected chi connectivity index (χ2v) is 3.93. The van der Waals surface area contributed by atoms with E-state index in [2.05, 4.69) is 0 Å². The molecule has 0 saturated carbocycles. The van der Waals surface area contributed by atoms with Crippen LogP contribution in [0.1, 0.15) is 15.9 Å². The van der Waals surface area contributed by atoms with Crippen molar-refractivity contribution in [2.75, 3.05) is 0 Å². The highest BCUT2D eigenvalue weighted by Crippen LogP contribution is 2.33. The van der Waals surface area contributed by atoms with Gasteiger partial charge in [0.25, 0.3) is 0 Å². The molecular formula is C14H9F3O3. The monoisotopic (exact) mass is 282 g/mol. The molecule has 0 aliphatic heterocycles. The zero-order valence-corrected chi connectivity index (χ0v) is 10.0. The van der Waals surface area contributed by atoms with Crippen LogP contribution in [0.25, 0.3) is 0 Å². The quantitative estimate of drug-likeness (QED) is 0.917. The standard InChI is InChI=1S/C14H9F3O3/c15-14(16,17)9-4-3-5-10(8-9)20-12-7-2-1-6-11(12)13(18)19/h1-8H,(H,18,19). The maximum Gasteiger partial charge on any atom is 0.416 e. The number of ether oxygens (including phenoxy) is 1. The van der Waals surface area contributed by atoms with Crippen molar-refractivity contribution in [3.8, 4) is 11.5 Å². The molecule has 2 aromatic rings. The lowest BCUT2D eigenvalue weighted by atomic mass is 10.2. The van der Waals surface area contributed by atoms with Crippen molar-refractivity contribution in [2.24, 2.45) is 0 Å². The van der Waals surface area contributed by atoms with Gasteiger partial charge in [0, 0.05) is 0 Å². The van der Waals surface area contributed by atoms with E-state index in [4.69, 9.17) is 9.84 Å². The maximum atomic E-state index is 12.6. The van der Waals surface area contributed by atoms with Gasteiger partial charge in [-0.25, -0.2) is 4.79 Å². The van der Waals surface area contributed by atoms with E-state index in [0.717, 1.165) is 12.1 Å². The highest BCUT2D eigenvalue weighted by molar-refractivity contribution is 5.90. The van der Waals surface area contributed by atoms with Crippen molar-refractivity contribution in [1.29, 1.82) is 0 Å². The second kappa shape index (κ2) is 5.24. The highest BCUT2D eigenvalue weighted by atomic mass is 19.4. The van der Waals surface area contributed by atoms with Gasteiger partial charge in [0.2, 0.25) is 0 Å². The molecule has 0 spiro atoms. The van der Waals surface area contributed by atoms with Crippen molar-refractivity contribution >= 4 is 5.97 Å². The normalized spacial score (nSPS) is 11.2. The first-order valence-electron chi connectivity index (χ1n) is 5.55. The second-order valence-electron chi connectivity index (χ2n) is 3.93. The smallest absolute Gasteiger partial charge is 0.416 e. The molecule has 0 saturated heterocycles. The van der Waals surface area contributed by atoms with E-state index in [0.29, 0.717) is 0 Å². The summed E-state index contributed by atoms with van der Waals surface area (Å²) in [4.78, 5) is 11.0. The molecule has 104 valence electrons. The molecular weight excluding hydrogens is 273 g/mol. The minimum absolute atomic E-state index is 0.0145. The van der Waals surface area contributed by atoms with Gasteiger partial charge in [-0.3, -0.25) is 0 Å². The van der Waals surface area contributed by atoms with Crippen LogP contribution in [0.4, 0.5) is 13.2 Å². The zero-order chi connectivity index (χ0) is 14.8. The Bertz CT molecular complexity index is 636. The van der Waals surface area contributed by atoms with Gasteiger partial charge in [-0.15, -0.1) is 0 Å². The van der Waals surface area contributed by atoms with E-state index >= 15 is 0 Å². The SMILES string of the molecule is O=C(O)c1ccccc1Oc1cccc(C(F)(F)F)c1. The van der Waals surface area contributed by atoms with Crippen LogP contribution in [0.5, 0.6) is 11.5 Å². The van der Waals surface area contributed by atoms with Crippen LogP contribution in [-0.4, -0.2) is 11.1 Å². The first-order valence-corrected chi connectivity index (χ1v) is 5.55. The number of alkyl halides is 3. The van der Waals surface area contributed by atoms with E-state index in [1.807, 2.05) is 0 Å². The molecule has 0 heterocycles. The third-order valence-electron chi connectivity index (χ3n) is 2.51. The fraction of sp³-hybridized carbons (Fsp3) is 0.0714. The molecule has 2 rings (SSSR count). The summed E-state index contributed by atoms with van der Waals surface area (Å²) in [6.45, 7) is 0. The summed E-state index contributed by atoms with van der Waals surface area (Å²) in [5.74, 6) is -1.31. The van der Waals surface area contributed by atoms with Crippen molar-refractivity contribution in [3.63, 3.8) is 0 Å². The van der Waals surface area contributed by atoms with E-state index in [9.17, 15) is 18.0 Å². The number of halogens is 3. The Balaban J connectivity index is 2.34. The van der Waals surface area contributed by atoms with Gasteiger partial charge >= 0.3 is 12.1 Å². The Morgan fingerprint density at radius 2 is 1.75 bits per heavy atom. The average molecular weight is 282 g/mol. The summed E-state index contributed by atoms with van der Waals surface area (Å²) in [7, 11) is 0. The number of para-hydroxylation sites is 1. The van der Waals surface area contributed by atoms with Gasteiger partial charge in [0.1, 0.15) is 17.1 Å². The molecule has 2 aromatic carbocycles.